The summed E-state index contributed by atoms with van der Waals surface area (Å²) in [4.78, 5) is 9.37. The molecule has 3 nitrogen and oxygen atoms in total. The number of thioether (sulfide) groups is 1. The largest absolute Gasteiger partial charge is 0.497 e. The Morgan fingerprint density at radius 2 is 1.76 bits per heavy atom. The lowest BCUT2D eigenvalue weighted by atomic mass is 10.1. The van der Waals surface area contributed by atoms with E-state index in [1.54, 1.807) is 18.9 Å². The first kappa shape index (κ1) is 15.9. The molecule has 0 saturated carbocycles. The van der Waals surface area contributed by atoms with Gasteiger partial charge in [-0.1, -0.05) is 54.2 Å². The van der Waals surface area contributed by atoms with E-state index in [1.165, 1.54) is 16.3 Å². The molecule has 0 aliphatic carbocycles. The molecule has 4 aromatic rings. The number of benzene rings is 3. The number of ether oxygens (including phenoxy) is 1. The van der Waals surface area contributed by atoms with Crippen LogP contribution in [0.25, 0.3) is 21.7 Å². The minimum absolute atomic E-state index is 0.797. The fourth-order valence-corrected chi connectivity index (χ4v) is 3.89. The Kier molecular flexibility index (Phi) is 4.28. The van der Waals surface area contributed by atoms with Crippen molar-refractivity contribution in [3.63, 3.8) is 0 Å². The molecule has 0 unspecified atom stereocenters. The third kappa shape index (κ3) is 3.17. The molecule has 0 N–H and O–H groups in total. The number of fused-ring (bicyclic) bond motifs is 2. The van der Waals surface area contributed by atoms with Gasteiger partial charge in [0.15, 0.2) is 5.16 Å². The number of hydrogen-bond donors (Lipinski definition) is 0. The van der Waals surface area contributed by atoms with Crippen LogP contribution in [-0.2, 0) is 5.75 Å². The Morgan fingerprint density at radius 1 is 0.920 bits per heavy atom. The van der Waals surface area contributed by atoms with Crippen molar-refractivity contribution in [3.8, 4) is 5.75 Å². The van der Waals surface area contributed by atoms with Gasteiger partial charge in [-0.3, -0.25) is 0 Å². The van der Waals surface area contributed by atoms with Gasteiger partial charge in [0, 0.05) is 22.9 Å². The van der Waals surface area contributed by atoms with Crippen molar-refractivity contribution >= 4 is 33.4 Å². The molecule has 4 heteroatoms. The summed E-state index contributed by atoms with van der Waals surface area (Å²) in [6, 6.07) is 20.8. The summed E-state index contributed by atoms with van der Waals surface area (Å²) in [7, 11) is 1.67. The quantitative estimate of drug-likeness (QED) is 0.366. The number of rotatable bonds is 4. The van der Waals surface area contributed by atoms with E-state index < -0.39 is 0 Å². The molecule has 0 saturated heterocycles. The van der Waals surface area contributed by atoms with E-state index >= 15 is 0 Å². The topological polar surface area (TPSA) is 35.0 Å². The van der Waals surface area contributed by atoms with Crippen LogP contribution in [0.3, 0.4) is 0 Å². The Bertz CT molecular complexity index is 1060. The summed E-state index contributed by atoms with van der Waals surface area (Å²) in [6.07, 6.45) is 0. The molecule has 0 spiro atoms. The Balaban J connectivity index is 1.66. The van der Waals surface area contributed by atoms with E-state index in [-0.39, 0.29) is 0 Å². The van der Waals surface area contributed by atoms with Crippen LogP contribution >= 0.6 is 11.8 Å². The minimum atomic E-state index is 0.797. The summed E-state index contributed by atoms with van der Waals surface area (Å²) < 4.78 is 5.31. The van der Waals surface area contributed by atoms with Gasteiger partial charge in [0.1, 0.15) is 5.75 Å². The summed E-state index contributed by atoms with van der Waals surface area (Å²) in [5, 5.41) is 4.42. The van der Waals surface area contributed by atoms with Crippen LogP contribution in [0.4, 0.5) is 0 Å². The van der Waals surface area contributed by atoms with Crippen molar-refractivity contribution in [1.82, 2.24) is 9.97 Å². The molecule has 4 rings (SSSR count). The summed E-state index contributed by atoms with van der Waals surface area (Å²) in [5.74, 6) is 1.66. The molecule has 0 bridgehead atoms. The van der Waals surface area contributed by atoms with E-state index in [9.17, 15) is 0 Å². The molecule has 0 aliphatic rings. The normalized spacial score (nSPS) is 11.1. The molecule has 0 radical (unpaired) electrons. The summed E-state index contributed by atoms with van der Waals surface area (Å²) >= 11 is 1.67. The fourth-order valence-electron chi connectivity index (χ4n) is 2.99. The maximum Gasteiger partial charge on any atom is 0.188 e. The van der Waals surface area contributed by atoms with Gasteiger partial charge < -0.3 is 4.74 Å². The monoisotopic (exact) mass is 346 g/mol. The maximum absolute atomic E-state index is 5.31. The van der Waals surface area contributed by atoms with E-state index in [0.717, 1.165) is 33.3 Å². The van der Waals surface area contributed by atoms with E-state index in [4.69, 9.17) is 9.72 Å². The average Bonchev–Trinajstić information content (AvgIpc) is 2.66. The molecular formula is C21H18N2OS. The van der Waals surface area contributed by atoms with Crippen LogP contribution in [0.15, 0.2) is 65.8 Å². The first-order chi connectivity index (χ1) is 12.2. The molecule has 124 valence electrons. The van der Waals surface area contributed by atoms with Crippen molar-refractivity contribution in [2.24, 2.45) is 0 Å². The zero-order valence-electron chi connectivity index (χ0n) is 14.2. The summed E-state index contributed by atoms with van der Waals surface area (Å²) in [5.41, 5.74) is 3.22. The average molecular weight is 346 g/mol. The van der Waals surface area contributed by atoms with Gasteiger partial charge in [-0.2, -0.15) is 0 Å². The van der Waals surface area contributed by atoms with E-state index in [0.29, 0.717) is 0 Å². The lowest BCUT2D eigenvalue weighted by Crippen LogP contribution is -1.94. The third-order valence-electron chi connectivity index (χ3n) is 4.31. The van der Waals surface area contributed by atoms with Gasteiger partial charge in [0.05, 0.1) is 12.6 Å². The van der Waals surface area contributed by atoms with Crippen molar-refractivity contribution < 1.29 is 4.74 Å². The van der Waals surface area contributed by atoms with Gasteiger partial charge in [0.25, 0.3) is 0 Å². The fraction of sp³-hybridized carbons (Fsp3) is 0.143. The SMILES string of the molecule is COc1ccc2c(C)nc(SCc3cccc4ccccc34)nc2c1. The number of nitrogens with zero attached hydrogens (tertiary/aromatic N) is 2. The predicted molar refractivity (Wildman–Crippen MR) is 104 cm³/mol. The van der Waals surface area contributed by atoms with Crippen LogP contribution in [0.2, 0.25) is 0 Å². The second-order valence-corrected chi connectivity index (χ2v) is 6.84. The highest BCUT2D eigenvalue weighted by Gasteiger charge is 2.08. The lowest BCUT2D eigenvalue weighted by molar-refractivity contribution is 0.415. The number of methoxy groups -OCH3 is 1. The van der Waals surface area contributed by atoms with E-state index in [1.807, 2.05) is 25.1 Å². The molecule has 1 aromatic heterocycles. The van der Waals surface area contributed by atoms with Crippen LogP contribution in [0, 0.1) is 6.92 Å². The second-order valence-electron chi connectivity index (χ2n) is 5.90. The Labute approximate surface area is 151 Å². The predicted octanol–water partition coefficient (Wildman–Crippen LogP) is 5.39. The van der Waals surface area contributed by atoms with Crippen molar-refractivity contribution in [2.75, 3.05) is 7.11 Å². The third-order valence-corrected chi connectivity index (χ3v) is 5.21. The highest BCUT2D eigenvalue weighted by atomic mass is 32.2. The van der Waals surface area contributed by atoms with Gasteiger partial charge >= 0.3 is 0 Å². The number of aryl methyl sites for hydroxylation is 1. The molecule has 3 aromatic carbocycles. The Morgan fingerprint density at radius 3 is 2.64 bits per heavy atom. The van der Waals surface area contributed by atoms with Crippen LogP contribution < -0.4 is 4.74 Å². The van der Waals surface area contributed by atoms with Gasteiger partial charge in [-0.25, -0.2) is 9.97 Å². The molecule has 0 aliphatic heterocycles. The van der Waals surface area contributed by atoms with Crippen molar-refractivity contribution in [2.45, 2.75) is 17.8 Å². The van der Waals surface area contributed by atoms with Crippen LogP contribution in [0.5, 0.6) is 5.75 Å². The zero-order chi connectivity index (χ0) is 17.2. The van der Waals surface area contributed by atoms with Gasteiger partial charge in [-0.15, -0.1) is 0 Å². The highest BCUT2D eigenvalue weighted by molar-refractivity contribution is 7.98. The van der Waals surface area contributed by atoms with Crippen LogP contribution in [-0.4, -0.2) is 17.1 Å². The summed E-state index contributed by atoms with van der Waals surface area (Å²) in [6.45, 7) is 2.03. The Hall–Kier alpha value is -2.59. The lowest BCUT2D eigenvalue weighted by Gasteiger charge is -2.08. The first-order valence-electron chi connectivity index (χ1n) is 8.16. The number of hydrogen-bond acceptors (Lipinski definition) is 4. The van der Waals surface area contributed by atoms with Crippen LogP contribution in [0.1, 0.15) is 11.3 Å². The first-order valence-corrected chi connectivity index (χ1v) is 9.15. The zero-order valence-corrected chi connectivity index (χ0v) is 15.0. The molecule has 0 amide bonds. The van der Waals surface area contributed by atoms with Gasteiger partial charge in [-0.05, 0) is 35.4 Å². The van der Waals surface area contributed by atoms with Crippen molar-refractivity contribution in [1.29, 1.82) is 0 Å². The standard InChI is InChI=1S/C21H18N2OS/c1-14-18-11-10-17(24-2)12-20(18)23-21(22-14)25-13-16-8-5-7-15-6-3-4-9-19(15)16/h3-12H,13H2,1-2H3. The van der Waals surface area contributed by atoms with Crippen molar-refractivity contribution in [3.05, 3.63) is 71.9 Å². The molecular weight excluding hydrogens is 328 g/mol. The second kappa shape index (κ2) is 6.73. The molecule has 1 heterocycles. The smallest absolute Gasteiger partial charge is 0.188 e. The maximum atomic E-state index is 5.31. The highest BCUT2D eigenvalue weighted by Crippen LogP contribution is 2.28. The van der Waals surface area contributed by atoms with Gasteiger partial charge in [0.2, 0.25) is 0 Å². The molecule has 25 heavy (non-hydrogen) atoms. The molecule has 0 atom stereocenters. The van der Waals surface area contributed by atoms with E-state index in [2.05, 4.69) is 47.4 Å². The number of aromatic nitrogens is 2. The minimum Gasteiger partial charge on any atom is -0.497 e. The molecule has 0 fully saturated rings.